The average molecular weight is 357 g/mol. The molecule has 1 aliphatic rings. The molecule has 3 heterocycles. The molecule has 5 nitrogen and oxygen atoms in total. The minimum Gasteiger partial charge on any atom is -0.441 e. The van der Waals surface area contributed by atoms with Gasteiger partial charge in [0.25, 0.3) is 0 Å². The van der Waals surface area contributed by atoms with Gasteiger partial charge in [0.1, 0.15) is 5.52 Å². The van der Waals surface area contributed by atoms with Gasteiger partial charge in [-0.2, -0.15) is 0 Å². The van der Waals surface area contributed by atoms with E-state index >= 15 is 0 Å². The van der Waals surface area contributed by atoms with Crippen LogP contribution in [0, 0.1) is 0 Å². The number of pyridine rings is 1. The second-order valence-corrected chi connectivity index (χ2v) is 6.74. The lowest BCUT2D eigenvalue weighted by atomic mass is 10.2. The minimum absolute atomic E-state index is 0.729. The van der Waals surface area contributed by atoms with E-state index in [-0.39, 0.29) is 0 Å². The second-order valence-electron chi connectivity index (χ2n) is 6.33. The molecule has 0 aliphatic carbocycles. The van der Waals surface area contributed by atoms with E-state index in [4.69, 9.17) is 16.0 Å². The number of piperazine rings is 1. The van der Waals surface area contributed by atoms with Crippen LogP contribution in [0.25, 0.3) is 11.1 Å². The summed E-state index contributed by atoms with van der Waals surface area (Å²) in [4.78, 5) is 13.4. The van der Waals surface area contributed by atoms with E-state index in [2.05, 4.69) is 19.8 Å². The zero-order valence-corrected chi connectivity index (χ0v) is 14.8. The molecule has 0 amide bonds. The van der Waals surface area contributed by atoms with Gasteiger partial charge in [-0.3, -0.25) is 9.88 Å². The van der Waals surface area contributed by atoms with E-state index in [1.165, 1.54) is 0 Å². The first-order valence-electron chi connectivity index (χ1n) is 8.71. The van der Waals surface area contributed by atoms with Gasteiger partial charge < -0.3 is 9.32 Å². The molecule has 2 aromatic heterocycles. The Morgan fingerprint density at radius 2 is 1.92 bits per heavy atom. The van der Waals surface area contributed by atoms with E-state index in [9.17, 15) is 0 Å². The Bertz CT molecular complexity index is 809. The Morgan fingerprint density at radius 1 is 1.08 bits per heavy atom. The zero-order valence-electron chi connectivity index (χ0n) is 14.1. The SMILES string of the molecule is Clc1cnccc1N1CCN(CCCc2nc3ccccc3o2)CC1. The summed E-state index contributed by atoms with van der Waals surface area (Å²) in [5.74, 6) is 0.836. The molecule has 1 saturated heterocycles. The fourth-order valence-corrected chi connectivity index (χ4v) is 3.56. The molecule has 4 rings (SSSR count). The van der Waals surface area contributed by atoms with Gasteiger partial charge >= 0.3 is 0 Å². The fraction of sp³-hybridized carbons (Fsp3) is 0.368. The van der Waals surface area contributed by atoms with Crippen molar-refractivity contribution in [1.82, 2.24) is 14.9 Å². The molecule has 0 spiro atoms. The van der Waals surface area contributed by atoms with Crippen LogP contribution in [0.15, 0.2) is 47.1 Å². The van der Waals surface area contributed by atoms with Crippen LogP contribution < -0.4 is 4.90 Å². The standard InChI is InChI=1S/C19H21ClN4O/c20-15-14-21-8-7-17(15)24-12-10-23(11-13-24)9-3-6-19-22-16-4-1-2-5-18(16)25-19/h1-2,4-5,7-8,14H,3,6,9-13H2. The molecule has 6 heteroatoms. The third kappa shape index (κ3) is 3.78. The van der Waals surface area contributed by atoms with E-state index in [0.29, 0.717) is 0 Å². The van der Waals surface area contributed by atoms with Gasteiger partial charge in [-0.15, -0.1) is 0 Å². The number of aryl methyl sites for hydroxylation is 1. The van der Waals surface area contributed by atoms with Gasteiger partial charge in [0.2, 0.25) is 0 Å². The van der Waals surface area contributed by atoms with Gasteiger partial charge in [-0.05, 0) is 31.2 Å². The smallest absolute Gasteiger partial charge is 0.195 e. The third-order valence-corrected chi connectivity index (χ3v) is 4.96. The molecule has 25 heavy (non-hydrogen) atoms. The largest absolute Gasteiger partial charge is 0.441 e. The molecular formula is C19H21ClN4O. The first-order chi connectivity index (χ1) is 12.3. The molecule has 1 aliphatic heterocycles. The topological polar surface area (TPSA) is 45.4 Å². The van der Waals surface area contributed by atoms with E-state index < -0.39 is 0 Å². The van der Waals surface area contributed by atoms with E-state index in [1.54, 1.807) is 12.4 Å². The number of nitrogens with zero attached hydrogens (tertiary/aromatic N) is 4. The van der Waals surface area contributed by atoms with Crippen molar-refractivity contribution in [2.75, 3.05) is 37.6 Å². The Labute approximate surface area is 152 Å². The maximum absolute atomic E-state index is 6.24. The van der Waals surface area contributed by atoms with Crippen molar-refractivity contribution < 1.29 is 4.42 Å². The van der Waals surface area contributed by atoms with E-state index in [0.717, 1.165) is 73.3 Å². The summed E-state index contributed by atoms with van der Waals surface area (Å²) in [5.41, 5.74) is 2.91. The van der Waals surface area contributed by atoms with Crippen molar-refractivity contribution >= 4 is 28.4 Å². The summed E-state index contributed by atoms with van der Waals surface area (Å²) in [7, 11) is 0. The van der Waals surface area contributed by atoms with Crippen molar-refractivity contribution in [2.45, 2.75) is 12.8 Å². The molecular weight excluding hydrogens is 336 g/mol. The van der Waals surface area contributed by atoms with Gasteiger partial charge in [-0.1, -0.05) is 23.7 Å². The van der Waals surface area contributed by atoms with Crippen LogP contribution in [0.5, 0.6) is 0 Å². The normalized spacial score (nSPS) is 15.8. The molecule has 0 bridgehead atoms. The Hall–Kier alpha value is -2.11. The number of anilines is 1. The number of oxazole rings is 1. The highest BCUT2D eigenvalue weighted by molar-refractivity contribution is 6.33. The first-order valence-corrected chi connectivity index (χ1v) is 9.09. The number of hydrogen-bond acceptors (Lipinski definition) is 5. The van der Waals surface area contributed by atoms with Gasteiger partial charge in [0.15, 0.2) is 11.5 Å². The Morgan fingerprint density at radius 3 is 2.72 bits per heavy atom. The quantitative estimate of drug-likeness (QED) is 0.698. The molecule has 1 aromatic carbocycles. The second kappa shape index (κ2) is 7.42. The molecule has 0 atom stereocenters. The van der Waals surface area contributed by atoms with Crippen LogP contribution in [0.3, 0.4) is 0 Å². The lowest BCUT2D eigenvalue weighted by Gasteiger charge is -2.36. The minimum atomic E-state index is 0.729. The lowest BCUT2D eigenvalue weighted by Crippen LogP contribution is -2.46. The predicted octanol–water partition coefficient (Wildman–Crippen LogP) is 3.63. The number of hydrogen-bond donors (Lipinski definition) is 0. The third-order valence-electron chi connectivity index (χ3n) is 4.67. The molecule has 0 saturated carbocycles. The van der Waals surface area contributed by atoms with Crippen LogP contribution in [-0.4, -0.2) is 47.6 Å². The molecule has 0 radical (unpaired) electrons. The first kappa shape index (κ1) is 16.4. The Kier molecular flexibility index (Phi) is 4.85. The number of rotatable bonds is 5. The van der Waals surface area contributed by atoms with Crippen LogP contribution in [0.2, 0.25) is 5.02 Å². The highest BCUT2D eigenvalue weighted by atomic mass is 35.5. The van der Waals surface area contributed by atoms with Crippen LogP contribution >= 0.6 is 11.6 Å². The number of fused-ring (bicyclic) bond motifs is 1. The average Bonchev–Trinajstić information content (AvgIpc) is 3.06. The summed E-state index contributed by atoms with van der Waals surface area (Å²) in [6.45, 7) is 5.15. The molecule has 1 fully saturated rings. The fourth-order valence-electron chi connectivity index (χ4n) is 3.32. The highest BCUT2D eigenvalue weighted by Crippen LogP contribution is 2.25. The van der Waals surface area contributed by atoms with Gasteiger partial charge in [-0.25, -0.2) is 4.98 Å². The van der Waals surface area contributed by atoms with Gasteiger partial charge in [0, 0.05) is 45.0 Å². The van der Waals surface area contributed by atoms with Crippen molar-refractivity contribution in [3.05, 3.63) is 53.6 Å². The zero-order chi connectivity index (χ0) is 17.1. The van der Waals surface area contributed by atoms with Crippen LogP contribution in [0.1, 0.15) is 12.3 Å². The highest BCUT2D eigenvalue weighted by Gasteiger charge is 2.18. The lowest BCUT2D eigenvalue weighted by molar-refractivity contribution is 0.253. The summed E-state index contributed by atoms with van der Waals surface area (Å²) >= 11 is 6.24. The molecule has 0 N–H and O–H groups in total. The summed E-state index contributed by atoms with van der Waals surface area (Å²) < 4.78 is 5.79. The van der Waals surface area contributed by atoms with Crippen molar-refractivity contribution in [1.29, 1.82) is 0 Å². The van der Waals surface area contributed by atoms with Crippen molar-refractivity contribution in [2.24, 2.45) is 0 Å². The van der Waals surface area contributed by atoms with Crippen molar-refractivity contribution in [3.8, 4) is 0 Å². The predicted molar refractivity (Wildman–Crippen MR) is 100 cm³/mol. The summed E-state index contributed by atoms with van der Waals surface area (Å²) in [6, 6.07) is 9.92. The maximum Gasteiger partial charge on any atom is 0.195 e. The van der Waals surface area contributed by atoms with E-state index in [1.807, 2.05) is 30.3 Å². The Balaban J connectivity index is 1.25. The molecule has 0 unspecified atom stereocenters. The van der Waals surface area contributed by atoms with Gasteiger partial charge in [0.05, 0.1) is 10.7 Å². The summed E-state index contributed by atoms with van der Waals surface area (Å²) in [6.07, 6.45) is 5.45. The molecule has 130 valence electrons. The maximum atomic E-state index is 6.24. The number of aromatic nitrogens is 2. The van der Waals surface area contributed by atoms with Crippen molar-refractivity contribution in [3.63, 3.8) is 0 Å². The summed E-state index contributed by atoms with van der Waals surface area (Å²) in [5, 5.41) is 0.729. The molecule has 3 aromatic rings. The van der Waals surface area contributed by atoms with Crippen LogP contribution in [0.4, 0.5) is 5.69 Å². The number of halogens is 1. The van der Waals surface area contributed by atoms with Crippen LogP contribution in [-0.2, 0) is 6.42 Å². The number of para-hydroxylation sites is 2. The monoisotopic (exact) mass is 356 g/mol. The number of benzene rings is 1.